The minimum absolute atomic E-state index is 0.0222. The minimum atomic E-state index is -0.669. The zero-order valence-electron chi connectivity index (χ0n) is 16.4. The maximum Gasteiger partial charge on any atom is 0.309 e. The molecule has 0 aromatic heterocycles. The third-order valence-corrected chi connectivity index (χ3v) is 5.07. The van der Waals surface area contributed by atoms with Crippen molar-refractivity contribution in [1.82, 2.24) is 0 Å². The molecule has 0 unspecified atom stereocenters. The van der Waals surface area contributed by atoms with Gasteiger partial charge in [-0.1, -0.05) is 12.1 Å². The Labute approximate surface area is 172 Å². The van der Waals surface area contributed by atoms with Crippen LogP contribution in [0.3, 0.4) is 0 Å². The van der Waals surface area contributed by atoms with Gasteiger partial charge in [-0.3, -0.25) is 19.7 Å². The van der Waals surface area contributed by atoms with Crippen LogP contribution in [-0.4, -0.2) is 43.5 Å². The maximum atomic E-state index is 13.7. The fourth-order valence-electron chi connectivity index (χ4n) is 3.42. The van der Waals surface area contributed by atoms with Crippen LogP contribution in [0.1, 0.15) is 23.2 Å². The molecular formula is C21H21FN2O6. The van der Waals surface area contributed by atoms with E-state index < -0.39 is 35.0 Å². The summed E-state index contributed by atoms with van der Waals surface area (Å²) >= 11 is 0. The molecule has 0 spiro atoms. The summed E-state index contributed by atoms with van der Waals surface area (Å²) in [6.45, 7) is 0.444. The van der Waals surface area contributed by atoms with Crippen molar-refractivity contribution in [3.8, 4) is 5.75 Å². The number of carbonyl (C=O) groups is 2. The average molecular weight is 416 g/mol. The number of nitro groups is 1. The van der Waals surface area contributed by atoms with Gasteiger partial charge in [0.15, 0.2) is 24.0 Å². The number of halogens is 1. The normalized spacial score (nSPS) is 14.3. The van der Waals surface area contributed by atoms with Crippen molar-refractivity contribution in [2.45, 2.75) is 12.8 Å². The molecule has 0 N–H and O–H groups in total. The summed E-state index contributed by atoms with van der Waals surface area (Å²) < 4.78 is 23.7. The van der Waals surface area contributed by atoms with E-state index >= 15 is 0 Å². The van der Waals surface area contributed by atoms with Gasteiger partial charge in [0.05, 0.1) is 18.0 Å². The van der Waals surface area contributed by atoms with Crippen molar-refractivity contribution < 1.29 is 28.4 Å². The predicted molar refractivity (Wildman–Crippen MR) is 106 cm³/mol. The van der Waals surface area contributed by atoms with Gasteiger partial charge in [-0.15, -0.1) is 0 Å². The summed E-state index contributed by atoms with van der Waals surface area (Å²) in [5, 5.41) is 11.2. The van der Waals surface area contributed by atoms with Gasteiger partial charge in [0.2, 0.25) is 0 Å². The van der Waals surface area contributed by atoms with Crippen LogP contribution in [-0.2, 0) is 9.53 Å². The molecule has 8 nitrogen and oxygen atoms in total. The Hall–Kier alpha value is -3.49. The second kappa shape index (κ2) is 9.34. The maximum absolute atomic E-state index is 13.7. The predicted octanol–water partition coefficient (Wildman–Crippen LogP) is 3.39. The highest BCUT2D eigenvalue weighted by Gasteiger charge is 2.29. The number of nitro benzene ring substituents is 1. The van der Waals surface area contributed by atoms with E-state index in [-0.39, 0.29) is 17.0 Å². The topological polar surface area (TPSA) is 99.0 Å². The number of hydrogen-bond donors (Lipinski definition) is 0. The van der Waals surface area contributed by atoms with Crippen LogP contribution in [0, 0.1) is 21.8 Å². The smallest absolute Gasteiger partial charge is 0.309 e. The van der Waals surface area contributed by atoms with Crippen molar-refractivity contribution in [2.24, 2.45) is 5.92 Å². The fraction of sp³-hybridized carbons (Fsp3) is 0.333. The highest BCUT2D eigenvalue weighted by atomic mass is 19.1. The number of hydrogen-bond acceptors (Lipinski definition) is 7. The van der Waals surface area contributed by atoms with E-state index in [1.54, 1.807) is 18.2 Å². The van der Waals surface area contributed by atoms with Crippen LogP contribution in [0.2, 0.25) is 0 Å². The Balaban J connectivity index is 1.53. The van der Waals surface area contributed by atoms with Crippen LogP contribution in [0.4, 0.5) is 15.8 Å². The first-order valence-corrected chi connectivity index (χ1v) is 9.42. The number of anilines is 1. The van der Waals surface area contributed by atoms with Gasteiger partial charge in [-0.25, -0.2) is 4.39 Å². The second-order valence-electron chi connectivity index (χ2n) is 6.89. The summed E-state index contributed by atoms with van der Waals surface area (Å²) in [4.78, 5) is 37.1. The lowest BCUT2D eigenvalue weighted by Crippen LogP contribution is -2.37. The van der Waals surface area contributed by atoms with Gasteiger partial charge in [0, 0.05) is 24.7 Å². The third kappa shape index (κ3) is 4.73. The number of piperidine rings is 1. The van der Waals surface area contributed by atoms with E-state index in [9.17, 15) is 24.1 Å². The lowest BCUT2D eigenvalue weighted by Gasteiger charge is -2.32. The van der Waals surface area contributed by atoms with E-state index in [0.717, 1.165) is 6.07 Å². The Kier molecular flexibility index (Phi) is 6.61. The number of esters is 1. The summed E-state index contributed by atoms with van der Waals surface area (Å²) in [5.41, 5.74) is 0.634. The molecule has 158 valence electrons. The number of ketones is 1. The largest absolute Gasteiger partial charge is 0.494 e. The molecule has 1 saturated heterocycles. The molecule has 1 fully saturated rings. The highest BCUT2D eigenvalue weighted by molar-refractivity contribution is 5.98. The van der Waals surface area contributed by atoms with E-state index in [1.807, 2.05) is 4.90 Å². The van der Waals surface area contributed by atoms with Crippen molar-refractivity contribution in [3.05, 3.63) is 64.0 Å². The van der Waals surface area contributed by atoms with Crippen molar-refractivity contribution in [2.75, 3.05) is 31.7 Å². The zero-order chi connectivity index (χ0) is 21.7. The Morgan fingerprint density at radius 1 is 1.20 bits per heavy atom. The molecule has 1 aliphatic rings. The number of para-hydroxylation sites is 2. The summed E-state index contributed by atoms with van der Waals surface area (Å²) in [6.07, 6.45) is 0.909. The standard InChI is InChI=1S/C21H21FN2O6/c1-29-20-7-6-15(12-16(20)22)19(25)13-30-21(26)14-8-10-23(11-9-14)17-4-2-3-5-18(17)24(27)28/h2-7,12,14H,8-11,13H2,1H3. The van der Waals surface area contributed by atoms with Gasteiger partial charge >= 0.3 is 5.97 Å². The Morgan fingerprint density at radius 3 is 2.53 bits per heavy atom. The fourth-order valence-corrected chi connectivity index (χ4v) is 3.42. The number of rotatable bonds is 7. The molecule has 9 heteroatoms. The van der Waals surface area contributed by atoms with Crippen LogP contribution in [0.15, 0.2) is 42.5 Å². The summed E-state index contributed by atoms with van der Waals surface area (Å²) in [5.74, 6) is -2.06. The van der Waals surface area contributed by atoms with Crippen LogP contribution >= 0.6 is 0 Å². The first-order valence-electron chi connectivity index (χ1n) is 9.42. The molecule has 2 aromatic carbocycles. The molecule has 2 aromatic rings. The number of benzene rings is 2. The first-order chi connectivity index (χ1) is 14.4. The molecule has 0 radical (unpaired) electrons. The van der Waals surface area contributed by atoms with Crippen LogP contribution in [0.25, 0.3) is 0 Å². The quantitative estimate of drug-likeness (QED) is 0.295. The van der Waals surface area contributed by atoms with Crippen molar-refractivity contribution >= 4 is 23.1 Å². The lowest BCUT2D eigenvalue weighted by atomic mass is 9.96. The molecular weight excluding hydrogens is 395 g/mol. The Bertz CT molecular complexity index is 956. The van der Waals surface area contributed by atoms with Crippen LogP contribution < -0.4 is 9.64 Å². The van der Waals surface area contributed by atoms with Gasteiger partial charge in [-0.05, 0) is 37.1 Å². The number of methoxy groups -OCH3 is 1. The summed E-state index contributed by atoms with van der Waals surface area (Å²) in [6, 6.07) is 10.3. The molecule has 0 atom stereocenters. The zero-order valence-corrected chi connectivity index (χ0v) is 16.4. The van der Waals surface area contributed by atoms with Gasteiger partial charge in [-0.2, -0.15) is 0 Å². The monoisotopic (exact) mass is 416 g/mol. The average Bonchev–Trinajstić information content (AvgIpc) is 2.77. The SMILES string of the molecule is COc1ccc(C(=O)COC(=O)C2CCN(c3ccccc3[N+](=O)[O-])CC2)cc1F. The second-order valence-corrected chi connectivity index (χ2v) is 6.89. The van der Waals surface area contributed by atoms with Gasteiger partial charge in [0.25, 0.3) is 5.69 Å². The number of carbonyl (C=O) groups excluding carboxylic acids is 2. The number of Topliss-reactive ketones (excluding diaryl/α,β-unsaturated/α-hetero) is 1. The molecule has 0 aliphatic carbocycles. The molecule has 30 heavy (non-hydrogen) atoms. The summed E-state index contributed by atoms with van der Waals surface area (Å²) in [7, 11) is 1.32. The lowest BCUT2D eigenvalue weighted by molar-refractivity contribution is -0.384. The molecule has 1 aliphatic heterocycles. The van der Waals surface area contributed by atoms with Crippen LogP contribution in [0.5, 0.6) is 5.75 Å². The van der Waals surface area contributed by atoms with E-state index in [0.29, 0.717) is 31.6 Å². The minimum Gasteiger partial charge on any atom is -0.494 e. The van der Waals surface area contributed by atoms with Gasteiger partial charge in [0.1, 0.15) is 5.69 Å². The molecule has 1 heterocycles. The molecule has 0 amide bonds. The van der Waals surface area contributed by atoms with Crippen molar-refractivity contribution in [1.29, 1.82) is 0 Å². The van der Waals surface area contributed by atoms with E-state index in [1.165, 1.54) is 25.3 Å². The van der Waals surface area contributed by atoms with Gasteiger partial charge < -0.3 is 14.4 Å². The molecule has 0 bridgehead atoms. The van der Waals surface area contributed by atoms with E-state index in [2.05, 4.69) is 0 Å². The first kappa shape index (κ1) is 21.2. The highest BCUT2D eigenvalue weighted by Crippen LogP contribution is 2.31. The van der Waals surface area contributed by atoms with Crippen molar-refractivity contribution in [3.63, 3.8) is 0 Å². The van der Waals surface area contributed by atoms with E-state index in [4.69, 9.17) is 9.47 Å². The number of ether oxygens (including phenoxy) is 2. The number of nitrogens with zero attached hydrogens (tertiary/aromatic N) is 2. The third-order valence-electron chi connectivity index (χ3n) is 5.07. The molecule has 0 saturated carbocycles. The molecule has 3 rings (SSSR count). The Morgan fingerprint density at radius 2 is 1.90 bits per heavy atom.